The number of benzene rings is 2. The summed E-state index contributed by atoms with van der Waals surface area (Å²) in [5.74, 6) is -0.0609. The quantitative estimate of drug-likeness (QED) is 0.649. The lowest BCUT2D eigenvalue weighted by Crippen LogP contribution is -2.37. The SMILES string of the molecule is CCOC(=O)CN(c1ccc(Cl)cc1C)S(=O)(=O)c1ccc(OC)c(C)c1. The Bertz CT molecular complexity index is 943. The van der Waals surface area contributed by atoms with Crippen LogP contribution in [-0.2, 0) is 19.6 Å². The predicted molar refractivity (Wildman–Crippen MR) is 105 cm³/mol. The van der Waals surface area contributed by atoms with Crippen LogP contribution in [0.1, 0.15) is 18.1 Å². The van der Waals surface area contributed by atoms with Gasteiger partial charge in [-0.3, -0.25) is 9.10 Å². The zero-order valence-corrected chi connectivity index (χ0v) is 17.2. The Morgan fingerprint density at radius 3 is 2.37 bits per heavy atom. The molecule has 0 aliphatic carbocycles. The third-order valence-corrected chi connectivity index (χ3v) is 5.95. The van der Waals surface area contributed by atoms with Gasteiger partial charge in [0.1, 0.15) is 12.3 Å². The number of esters is 1. The zero-order chi connectivity index (χ0) is 20.2. The summed E-state index contributed by atoms with van der Waals surface area (Å²) in [6.45, 7) is 4.87. The summed E-state index contributed by atoms with van der Waals surface area (Å²) in [6.07, 6.45) is 0. The molecule has 0 atom stereocenters. The molecule has 0 aliphatic rings. The third-order valence-electron chi connectivity index (χ3n) is 3.96. The molecule has 8 heteroatoms. The van der Waals surface area contributed by atoms with E-state index in [-0.39, 0.29) is 11.5 Å². The molecule has 6 nitrogen and oxygen atoms in total. The van der Waals surface area contributed by atoms with E-state index in [0.717, 1.165) is 4.31 Å². The van der Waals surface area contributed by atoms with E-state index in [1.807, 2.05) is 0 Å². The summed E-state index contributed by atoms with van der Waals surface area (Å²) in [5.41, 5.74) is 1.66. The Labute approximate surface area is 164 Å². The molecule has 146 valence electrons. The molecule has 2 aromatic rings. The maximum absolute atomic E-state index is 13.3. The van der Waals surface area contributed by atoms with Crippen molar-refractivity contribution in [1.29, 1.82) is 0 Å². The van der Waals surface area contributed by atoms with Crippen LogP contribution in [-0.4, -0.2) is 34.6 Å². The monoisotopic (exact) mass is 411 g/mol. The Kier molecular flexibility index (Phi) is 6.73. The van der Waals surface area contributed by atoms with Gasteiger partial charge in [-0.15, -0.1) is 0 Å². The highest BCUT2D eigenvalue weighted by Crippen LogP contribution is 2.30. The van der Waals surface area contributed by atoms with Crippen LogP contribution in [0.3, 0.4) is 0 Å². The van der Waals surface area contributed by atoms with Crippen LogP contribution in [0.2, 0.25) is 5.02 Å². The number of anilines is 1. The first-order valence-corrected chi connectivity index (χ1v) is 10.1. The lowest BCUT2D eigenvalue weighted by molar-refractivity contribution is -0.141. The molecule has 0 heterocycles. The van der Waals surface area contributed by atoms with Crippen LogP contribution in [0.4, 0.5) is 5.69 Å². The molecule has 2 aromatic carbocycles. The summed E-state index contributed by atoms with van der Waals surface area (Å²) in [6, 6.07) is 9.34. The maximum atomic E-state index is 13.3. The molecule has 0 N–H and O–H groups in total. The molecule has 0 fully saturated rings. The fourth-order valence-corrected chi connectivity index (χ4v) is 4.45. The zero-order valence-electron chi connectivity index (χ0n) is 15.7. The Hall–Kier alpha value is -2.25. The molecule has 0 spiro atoms. The number of sulfonamides is 1. The van der Waals surface area contributed by atoms with Gasteiger partial charge in [-0.25, -0.2) is 8.42 Å². The summed E-state index contributed by atoms with van der Waals surface area (Å²) >= 11 is 5.99. The van der Waals surface area contributed by atoms with Crippen LogP contribution >= 0.6 is 11.6 Å². The van der Waals surface area contributed by atoms with Crippen LogP contribution < -0.4 is 9.04 Å². The molecule has 0 unspecified atom stereocenters. The van der Waals surface area contributed by atoms with E-state index in [9.17, 15) is 13.2 Å². The lowest BCUT2D eigenvalue weighted by Gasteiger charge is -2.25. The minimum absolute atomic E-state index is 0.0550. The number of hydrogen-bond donors (Lipinski definition) is 0. The van der Waals surface area contributed by atoms with Gasteiger partial charge in [-0.1, -0.05) is 11.6 Å². The van der Waals surface area contributed by atoms with Gasteiger partial charge in [0.25, 0.3) is 10.0 Å². The number of ether oxygens (including phenoxy) is 2. The van der Waals surface area contributed by atoms with Crippen molar-refractivity contribution in [3.63, 3.8) is 0 Å². The van der Waals surface area contributed by atoms with Gasteiger partial charge in [0.05, 0.1) is 24.3 Å². The van der Waals surface area contributed by atoms with Crippen molar-refractivity contribution in [2.75, 3.05) is 24.6 Å². The van der Waals surface area contributed by atoms with Gasteiger partial charge in [0.2, 0.25) is 0 Å². The molecule has 0 bridgehead atoms. The minimum Gasteiger partial charge on any atom is -0.496 e. The van der Waals surface area contributed by atoms with Crippen molar-refractivity contribution in [3.05, 3.63) is 52.5 Å². The van der Waals surface area contributed by atoms with E-state index < -0.39 is 22.5 Å². The van der Waals surface area contributed by atoms with E-state index in [0.29, 0.717) is 27.6 Å². The Balaban J connectivity index is 2.57. The number of rotatable bonds is 7. The third kappa shape index (κ3) is 4.73. The van der Waals surface area contributed by atoms with Crippen LogP contribution in [0.5, 0.6) is 5.75 Å². The highest BCUT2D eigenvalue weighted by molar-refractivity contribution is 7.92. The number of carbonyl (C=O) groups excluding carboxylic acids is 1. The Morgan fingerprint density at radius 2 is 1.81 bits per heavy atom. The van der Waals surface area contributed by atoms with Crippen LogP contribution in [0, 0.1) is 13.8 Å². The summed E-state index contributed by atoms with van der Waals surface area (Å²) in [5, 5.41) is 0.477. The van der Waals surface area contributed by atoms with Gasteiger partial charge in [0.15, 0.2) is 0 Å². The van der Waals surface area contributed by atoms with Crippen molar-refractivity contribution in [3.8, 4) is 5.75 Å². The predicted octanol–water partition coefficient (Wildman–Crippen LogP) is 3.72. The van der Waals surface area contributed by atoms with Crippen molar-refractivity contribution < 1.29 is 22.7 Å². The normalized spacial score (nSPS) is 11.1. The molecular formula is C19H22ClNO5S. The van der Waals surface area contributed by atoms with Gasteiger partial charge in [-0.05, 0) is 68.3 Å². The Morgan fingerprint density at radius 1 is 1.11 bits per heavy atom. The first kappa shape index (κ1) is 21.1. The highest BCUT2D eigenvalue weighted by atomic mass is 35.5. The maximum Gasteiger partial charge on any atom is 0.326 e. The second kappa shape index (κ2) is 8.63. The van der Waals surface area contributed by atoms with Crippen LogP contribution in [0.25, 0.3) is 0 Å². The number of hydrogen-bond acceptors (Lipinski definition) is 5. The van der Waals surface area contributed by atoms with Crippen molar-refractivity contribution in [1.82, 2.24) is 0 Å². The van der Waals surface area contributed by atoms with Gasteiger partial charge in [-0.2, -0.15) is 0 Å². The molecule has 0 radical (unpaired) electrons. The van der Waals surface area contributed by atoms with Crippen molar-refractivity contribution in [2.24, 2.45) is 0 Å². The molecule has 0 aromatic heterocycles. The van der Waals surface area contributed by atoms with E-state index >= 15 is 0 Å². The van der Waals surface area contributed by atoms with Crippen LogP contribution in [0.15, 0.2) is 41.3 Å². The topological polar surface area (TPSA) is 72.9 Å². The molecule has 2 rings (SSSR count). The van der Waals surface area contributed by atoms with E-state index in [2.05, 4.69) is 0 Å². The highest BCUT2D eigenvalue weighted by Gasteiger charge is 2.29. The molecule has 27 heavy (non-hydrogen) atoms. The molecule has 0 amide bonds. The number of aryl methyl sites for hydroxylation is 2. The number of methoxy groups -OCH3 is 1. The average molecular weight is 412 g/mol. The standard InChI is InChI=1S/C19H22ClNO5S/c1-5-26-19(22)12-21(17-8-6-15(20)10-13(17)2)27(23,24)16-7-9-18(25-4)14(3)11-16/h6-11H,5,12H2,1-4H3. The first-order chi connectivity index (χ1) is 12.7. The average Bonchev–Trinajstić information content (AvgIpc) is 2.60. The fraction of sp³-hybridized carbons (Fsp3) is 0.316. The fourth-order valence-electron chi connectivity index (χ4n) is 2.66. The molecular weight excluding hydrogens is 390 g/mol. The molecule has 0 saturated carbocycles. The van der Waals surface area contributed by atoms with Crippen molar-refractivity contribution >= 4 is 33.3 Å². The molecule has 0 aliphatic heterocycles. The van der Waals surface area contributed by atoms with Crippen molar-refractivity contribution in [2.45, 2.75) is 25.7 Å². The summed E-state index contributed by atoms with van der Waals surface area (Å²) in [4.78, 5) is 12.1. The second-order valence-corrected chi connectivity index (χ2v) is 8.18. The summed E-state index contributed by atoms with van der Waals surface area (Å²) in [7, 11) is -2.50. The van der Waals surface area contributed by atoms with E-state index in [1.54, 1.807) is 45.0 Å². The van der Waals surface area contributed by atoms with Gasteiger partial charge in [0, 0.05) is 5.02 Å². The number of nitrogens with zero attached hydrogens (tertiary/aromatic N) is 1. The minimum atomic E-state index is -4.02. The van der Waals surface area contributed by atoms with E-state index in [4.69, 9.17) is 21.1 Å². The smallest absolute Gasteiger partial charge is 0.326 e. The van der Waals surface area contributed by atoms with E-state index in [1.165, 1.54) is 19.2 Å². The largest absolute Gasteiger partial charge is 0.496 e. The number of carbonyl (C=O) groups is 1. The van der Waals surface area contributed by atoms with Gasteiger partial charge < -0.3 is 9.47 Å². The lowest BCUT2D eigenvalue weighted by atomic mass is 10.2. The first-order valence-electron chi connectivity index (χ1n) is 8.29. The second-order valence-electron chi connectivity index (χ2n) is 5.88. The van der Waals surface area contributed by atoms with Gasteiger partial charge >= 0.3 is 5.97 Å². The summed E-state index contributed by atoms with van der Waals surface area (Å²) < 4.78 is 37.8. The number of halogens is 1. The molecule has 0 saturated heterocycles.